The summed E-state index contributed by atoms with van der Waals surface area (Å²) in [6.07, 6.45) is -0.419. The van der Waals surface area contributed by atoms with Gasteiger partial charge in [0.25, 0.3) is 0 Å². The average molecular weight is 289 g/mol. The molecule has 4 heteroatoms. The van der Waals surface area contributed by atoms with E-state index in [0.717, 1.165) is 21.7 Å². The highest BCUT2D eigenvalue weighted by Crippen LogP contribution is 2.35. The Morgan fingerprint density at radius 3 is 2.45 bits per heavy atom. The van der Waals surface area contributed by atoms with Gasteiger partial charge in [-0.05, 0) is 38.8 Å². The first-order valence-electron chi connectivity index (χ1n) is 6.50. The summed E-state index contributed by atoms with van der Waals surface area (Å²) in [4.78, 5) is 13.0. The number of rotatable bonds is 2. The second-order valence-corrected chi connectivity index (χ2v) is 6.48. The molecule has 2 aromatic rings. The van der Waals surface area contributed by atoms with Gasteiger partial charge in [0.15, 0.2) is 0 Å². The Morgan fingerprint density at radius 1 is 1.20 bits per heavy atom. The molecule has 0 bridgehead atoms. The van der Waals surface area contributed by atoms with Crippen molar-refractivity contribution >= 4 is 23.1 Å². The molecule has 2 rings (SSSR count). The van der Waals surface area contributed by atoms with Crippen molar-refractivity contribution in [1.82, 2.24) is 0 Å². The lowest BCUT2D eigenvalue weighted by atomic mass is 10.1. The highest BCUT2D eigenvalue weighted by Gasteiger charge is 2.18. The number of thiophene rings is 1. The van der Waals surface area contributed by atoms with E-state index in [4.69, 9.17) is 4.74 Å². The van der Waals surface area contributed by atoms with Gasteiger partial charge >= 0.3 is 6.09 Å². The Balaban J connectivity index is 2.16. The summed E-state index contributed by atoms with van der Waals surface area (Å²) in [7, 11) is 0. The van der Waals surface area contributed by atoms with E-state index in [1.165, 1.54) is 0 Å². The Labute approximate surface area is 123 Å². The van der Waals surface area contributed by atoms with E-state index >= 15 is 0 Å². The van der Waals surface area contributed by atoms with Crippen molar-refractivity contribution in [3.8, 4) is 10.4 Å². The molecule has 0 unspecified atom stereocenters. The summed E-state index contributed by atoms with van der Waals surface area (Å²) >= 11 is 1.62. The maximum absolute atomic E-state index is 11.8. The number of carbonyl (C=O) groups is 1. The smallest absolute Gasteiger partial charge is 0.412 e. The predicted molar refractivity (Wildman–Crippen MR) is 84.3 cm³/mol. The number of anilines is 1. The molecule has 1 heterocycles. The maximum Gasteiger partial charge on any atom is 0.412 e. The summed E-state index contributed by atoms with van der Waals surface area (Å²) in [6, 6.07) is 10.1. The predicted octanol–water partition coefficient (Wildman–Crippen LogP) is 5.07. The second kappa shape index (κ2) is 5.67. The molecule has 1 N–H and O–H groups in total. The zero-order chi connectivity index (χ0) is 14.8. The third-order valence-corrected chi connectivity index (χ3v) is 3.84. The highest BCUT2D eigenvalue weighted by molar-refractivity contribution is 7.14. The number of hydrogen-bond acceptors (Lipinski definition) is 3. The Kier molecular flexibility index (Phi) is 4.14. The third kappa shape index (κ3) is 3.61. The molecule has 0 spiro atoms. The van der Waals surface area contributed by atoms with Crippen LogP contribution in [0.3, 0.4) is 0 Å². The average Bonchev–Trinajstić information content (AvgIpc) is 2.70. The van der Waals surface area contributed by atoms with Crippen LogP contribution in [0.25, 0.3) is 10.4 Å². The SMILES string of the molecule is Cc1c(NC(=O)OC(C)(C)C)csc1-c1ccccc1. The Hall–Kier alpha value is -1.81. The topological polar surface area (TPSA) is 38.3 Å². The van der Waals surface area contributed by atoms with Crippen LogP contribution in [0.1, 0.15) is 26.3 Å². The summed E-state index contributed by atoms with van der Waals surface area (Å²) in [5, 5.41) is 4.75. The van der Waals surface area contributed by atoms with Crippen LogP contribution in [-0.2, 0) is 4.74 Å². The molecule has 0 saturated heterocycles. The van der Waals surface area contributed by atoms with Gasteiger partial charge in [-0.15, -0.1) is 11.3 Å². The molecule has 20 heavy (non-hydrogen) atoms. The minimum Gasteiger partial charge on any atom is -0.444 e. The molecule has 0 radical (unpaired) electrons. The Morgan fingerprint density at radius 2 is 1.85 bits per heavy atom. The molecule has 0 saturated carbocycles. The van der Waals surface area contributed by atoms with E-state index in [1.54, 1.807) is 11.3 Å². The summed E-state index contributed by atoms with van der Waals surface area (Å²) < 4.78 is 5.27. The number of ether oxygens (including phenoxy) is 1. The van der Waals surface area contributed by atoms with Crippen molar-refractivity contribution in [1.29, 1.82) is 0 Å². The summed E-state index contributed by atoms with van der Waals surface area (Å²) in [5.41, 5.74) is 2.54. The number of carbonyl (C=O) groups excluding carboxylic acids is 1. The largest absolute Gasteiger partial charge is 0.444 e. The molecular formula is C16H19NO2S. The number of nitrogens with one attached hydrogen (secondary N) is 1. The monoisotopic (exact) mass is 289 g/mol. The molecule has 3 nitrogen and oxygen atoms in total. The van der Waals surface area contributed by atoms with Crippen molar-refractivity contribution in [2.45, 2.75) is 33.3 Å². The van der Waals surface area contributed by atoms with Crippen LogP contribution in [0.4, 0.5) is 10.5 Å². The quantitative estimate of drug-likeness (QED) is 0.838. The van der Waals surface area contributed by atoms with E-state index in [-0.39, 0.29) is 0 Å². The molecule has 0 fully saturated rings. The summed E-state index contributed by atoms with van der Waals surface area (Å²) in [5.74, 6) is 0. The van der Waals surface area contributed by atoms with E-state index < -0.39 is 11.7 Å². The lowest BCUT2D eigenvalue weighted by Gasteiger charge is -2.19. The molecule has 0 aliphatic rings. The molecule has 0 aliphatic heterocycles. The molecular weight excluding hydrogens is 270 g/mol. The molecule has 1 aromatic heterocycles. The zero-order valence-corrected chi connectivity index (χ0v) is 13.0. The van der Waals surface area contributed by atoms with Crippen molar-refractivity contribution in [3.63, 3.8) is 0 Å². The van der Waals surface area contributed by atoms with Gasteiger partial charge in [0.2, 0.25) is 0 Å². The van der Waals surface area contributed by atoms with Crippen molar-refractivity contribution in [2.75, 3.05) is 5.32 Å². The van der Waals surface area contributed by atoms with Crippen LogP contribution in [0, 0.1) is 6.92 Å². The van der Waals surface area contributed by atoms with Gasteiger partial charge in [-0.2, -0.15) is 0 Å². The van der Waals surface area contributed by atoms with Gasteiger partial charge in [0.05, 0.1) is 5.69 Å². The number of amides is 1. The molecule has 0 atom stereocenters. The van der Waals surface area contributed by atoms with Crippen LogP contribution in [0.5, 0.6) is 0 Å². The normalized spacial score (nSPS) is 11.2. The third-order valence-electron chi connectivity index (χ3n) is 2.71. The van der Waals surface area contributed by atoms with Crippen LogP contribution in [0.2, 0.25) is 0 Å². The zero-order valence-electron chi connectivity index (χ0n) is 12.2. The van der Waals surface area contributed by atoms with Gasteiger partial charge in [0, 0.05) is 10.3 Å². The standard InChI is InChI=1S/C16H19NO2S/c1-11-13(17-15(18)19-16(2,3)4)10-20-14(11)12-8-6-5-7-9-12/h5-10H,1-4H3,(H,17,18). The van der Waals surface area contributed by atoms with Crippen LogP contribution >= 0.6 is 11.3 Å². The molecule has 0 aliphatic carbocycles. The van der Waals surface area contributed by atoms with Gasteiger partial charge in [-0.25, -0.2) is 4.79 Å². The molecule has 1 amide bonds. The van der Waals surface area contributed by atoms with Gasteiger partial charge in [0.1, 0.15) is 5.60 Å². The van der Waals surface area contributed by atoms with Gasteiger partial charge in [-0.3, -0.25) is 5.32 Å². The first-order valence-corrected chi connectivity index (χ1v) is 7.38. The van der Waals surface area contributed by atoms with Crippen molar-refractivity contribution < 1.29 is 9.53 Å². The maximum atomic E-state index is 11.8. The fourth-order valence-electron chi connectivity index (χ4n) is 1.83. The summed E-state index contributed by atoms with van der Waals surface area (Å²) in [6.45, 7) is 7.55. The first kappa shape index (κ1) is 14.6. The van der Waals surface area contributed by atoms with Crippen molar-refractivity contribution in [2.24, 2.45) is 0 Å². The minimum atomic E-state index is -0.490. The molecule has 1 aromatic carbocycles. The van der Waals surface area contributed by atoms with E-state index in [2.05, 4.69) is 17.4 Å². The number of benzene rings is 1. The van der Waals surface area contributed by atoms with Crippen LogP contribution in [0.15, 0.2) is 35.7 Å². The Bertz CT molecular complexity index is 597. The lowest BCUT2D eigenvalue weighted by molar-refractivity contribution is 0.0636. The second-order valence-electron chi connectivity index (χ2n) is 5.60. The molecule has 106 valence electrons. The van der Waals surface area contributed by atoms with Gasteiger partial charge in [-0.1, -0.05) is 30.3 Å². The van der Waals surface area contributed by atoms with E-state index in [0.29, 0.717) is 0 Å². The highest BCUT2D eigenvalue weighted by atomic mass is 32.1. The van der Waals surface area contributed by atoms with Crippen LogP contribution < -0.4 is 5.32 Å². The van der Waals surface area contributed by atoms with Gasteiger partial charge < -0.3 is 4.74 Å². The number of hydrogen-bond donors (Lipinski definition) is 1. The lowest BCUT2D eigenvalue weighted by Crippen LogP contribution is -2.27. The fourth-order valence-corrected chi connectivity index (χ4v) is 2.86. The first-order chi connectivity index (χ1) is 9.37. The van der Waals surface area contributed by atoms with E-state index in [9.17, 15) is 4.79 Å². The minimum absolute atomic E-state index is 0.419. The van der Waals surface area contributed by atoms with Crippen LogP contribution in [-0.4, -0.2) is 11.7 Å². The van der Waals surface area contributed by atoms with Crippen molar-refractivity contribution in [3.05, 3.63) is 41.3 Å². The van der Waals surface area contributed by atoms with E-state index in [1.807, 2.05) is 51.3 Å². The fraction of sp³-hybridized carbons (Fsp3) is 0.312.